The van der Waals surface area contributed by atoms with Gasteiger partial charge in [-0.05, 0) is 61.5 Å². The number of rotatable bonds is 6. The summed E-state index contributed by atoms with van der Waals surface area (Å²) in [7, 11) is 1.96. The average Bonchev–Trinajstić information content (AvgIpc) is 3.29. The monoisotopic (exact) mass is 475 g/mol. The lowest BCUT2D eigenvalue weighted by molar-refractivity contribution is 0.0962. The lowest BCUT2D eigenvalue weighted by Crippen LogP contribution is -2.30. The van der Waals surface area contributed by atoms with Crippen LogP contribution in [0, 0.1) is 11.3 Å². The second-order valence-electron chi connectivity index (χ2n) is 8.95. The SMILES string of the molecule is CC(c1cccc(NC(=O)c2ccccc2)c1)N(C)CC1=CC(=O)n2c(nc3ccccc32)C1C#N. The summed E-state index contributed by atoms with van der Waals surface area (Å²) < 4.78 is 1.54. The summed E-state index contributed by atoms with van der Waals surface area (Å²) in [6, 6.07) is 26.5. The van der Waals surface area contributed by atoms with Crippen LogP contribution in [0.5, 0.6) is 0 Å². The normalized spacial score (nSPS) is 15.8. The third kappa shape index (κ3) is 4.30. The van der Waals surface area contributed by atoms with E-state index in [4.69, 9.17) is 0 Å². The predicted octanol–water partition coefficient (Wildman–Crippen LogP) is 5.17. The molecule has 3 aromatic carbocycles. The van der Waals surface area contributed by atoms with Crippen molar-refractivity contribution in [3.8, 4) is 6.07 Å². The summed E-state index contributed by atoms with van der Waals surface area (Å²) in [6.07, 6.45) is 1.56. The van der Waals surface area contributed by atoms with E-state index in [0.717, 1.165) is 5.56 Å². The minimum absolute atomic E-state index is 0.0327. The molecule has 0 saturated heterocycles. The molecule has 1 N–H and O–H groups in total. The number of fused-ring (bicyclic) bond motifs is 3. The average molecular weight is 476 g/mol. The molecule has 36 heavy (non-hydrogen) atoms. The van der Waals surface area contributed by atoms with Crippen LogP contribution in [0.3, 0.4) is 0 Å². The molecular formula is C29H25N5O2. The number of carbonyl (C=O) groups excluding carboxylic acids is 2. The first-order valence-corrected chi connectivity index (χ1v) is 11.7. The van der Waals surface area contributed by atoms with Crippen molar-refractivity contribution in [2.75, 3.05) is 18.9 Å². The number of amides is 1. The van der Waals surface area contributed by atoms with Crippen molar-refractivity contribution in [2.45, 2.75) is 18.9 Å². The highest BCUT2D eigenvalue weighted by atomic mass is 16.2. The molecule has 2 atom stereocenters. The number of hydrogen-bond acceptors (Lipinski definition) is 5. The minimum atomic E-state index is -0.610. The standard InChI is InChI=1S/C29H25N5O2/c1-19(21-11-8-12-23(15-21)31-29(36)20-9-4-3-5-10-20)33(2)18-22-16-27(35)34-26-14-7-6-13-25(26)32-28(34)24(22)17-30/h3-16,19,24H,18H2,1-2H3,(H,31,36). The lowest BCUT2D eigenvalue weighted by atomic mass is 9.95. The first-order chi connectivity index (χ1) is 17.5. The van der Waals surface area contributed by atoms with Crippen molar-refractivity contribution < 1.29 is 9.59 Å². The van der Waals surface area contributed by atoms with E-state index in [1.807, 2.05) is 73.8 Å². The summed E-state index contributed by atoms with van der Waals surface area (Å²) in [4.78, 5) is 32.2. The molecule has 178 valence electrons. The van der Waals surface area contributed by atoms with Crippen LogP contribution in [-0.2, 0) is 0 Å². The molecule has 1 amide bonds. The maximum Gasteiger partial charge on any atom is 0.256 e. The molecule has 4 aromatic rings. The van der Waals surface area contributed by atoms with Crippen molar-refractivity contribution in [1.29, 1.82) is 5.26 Å². The van der Waals surface area contributed by atoms with E-state index in [0.29, 0.717) is 40.2 Å². The van der Waals surface area contributed by atoms with Gasteiger partial charge in [0.15, 0.2) is 0 Å². The third-order valence-electron chi connectivity index (χ3n) is 6.63. The number of imidazole rings is 1. The maximum atomic E-state index is 13.0. The predicted molar refractivity (Wildman–Crippen MR) is 139 cm³/mol. The zero-order valence-electron chi connectivity index (χ0n) is 20.1. The van der Waals surface area contributed by atoms with Gasteiger partial charge in [0.2, 0.25) is 0 Å². The van der Waals surface area contributed by atoms with E-state index in [-0.39, 0.29) is 17.9 Å². The summed E-state index contributed by atoms with van der Waals surface area (Å²) >= 11 is 0. The van der Waals surface area contributed by atoms with Crippen LogP contribution in [0.15, 0.2) is 90.5 Å². The number of likely N-dealkylation sites (N-methyl/N-ethyl adjacent to an activating group) is 1. The van der Waals surface area contributed by atoms with Crippen molar-refractivity contribution in [1.82, 2.24) is 14.5 Å². The van der Waals surface area contributed by atoms with Crippen LogP contribution in [0.25, 0.3) is 11.0 Å². The molecule has 0 aliphatic carbocycles. The molecule has 0 spiro atoms. The Hall–Kier alpha value is -4.54. The number of aromatic nitrogens is 2. The Balaban J connectivity index is 1.34. The second-order valence-corrected chi connectivity index (χ2v) is 8.95. The number of benzene rings is 3. The number of allylic oxidation sites excluding steroid dienone is 1. The summed E-state index contributed by atoms with van der Waals surface area (Å²) in [5, 5.41) is 12.9. The molecule has 0 bridgehead atoms. The van der Waals surface area contributed by atoms with Crippen molar-refractivity contribution in [2.24, 2.45) is 0 Å². The fourth-order valence-corrected chi connectivity index (χ4v) is 4.57. The van der Waals surface area contributed by atoms with Gasteiger partial charge in [-0.15, -0.1) is 0 Å². The van der Waals surface area contributed by atoms with Gasteiger partial charge in [-0.3, -0.25) is 19.1 Å². The Morgan fingerprint density at radius 2 is 1.86 bits per heavy atom. The van der Waals surface area contributed by atoms with E-state index in [1.54, 1.807) is 18.2 Å². The molecule has 7 heteroatoms. The topological polar surface area (TPSA) is 91.0 Å². The van der Waals surface area contributed by atoms with Crippen LogP contribution in [0.2, 0.25) is 0 Å². The summed E-state index contributed by atoms with van der Waals surface area (Å²) in [5.74, 6) is -0.500. The molecule has 2 heterocycles. The Kier molecular flexibility index (Phi) is 6.19. The molecule has 5 rings (SSSR count). The molecule has 1 aliphatic rings. The minimum Gasteiger partial charge on any atom is -0.322 e. The van der Waals surface area contributed by atoms with Gasteiger partial charge < -0.3 is 5.32 Å². The maximum absolute atomic E-state index is 13.0. The zero-order valence-corrected chi connectivity index (χ0v) is 20.1. The van der Waals surface area contributed by atoms with E-state index in [1.165, 1.54) is 4.57 Å². The van der Waals surface area contributed by atoms with Crippen molar-refractivity contribution in [3.05, 3.63) is 107 Å². The highest BCUT2D eigenvalue weighted by Gasteiger charge is 2.32. The van der Waals surface area contributed by atoms with Gasteiger partial charge in [0, 0.05) is 29.9 Å². The van der Waals surface area contributed by atoms with Crippen LogP contribution >= 0.6 is 0 Å². The molecule has 1 aromatic heterocycles. The molecular weight excluding hydrogens is 450 g/mol. The zero-order chi connectivity index (χ0) is 25.2. The van der Waals surface area contributed by atoms with E-state index in [2.05, 4.69) is 28.2 Å². The Labute approximate surface area is 209 Å². The Morgan fingerprint density at radius 3 is 2.64 bits per heavy atom. The number of anilines is 1. The summed E-state index contributed by atoms with van der Waals surface area (Å²) in [6.45, 7) is 2.48. The first-order valence-electron chi connectivity index (χ1n) is 11.7. The number of hydrogen-bond donors (Lipinski definition) is 1. The van der Waals surface area contributed by atoms with Crippen LogP contribution in [0.4, 0.5) is 5.69 Å². The molecule has 2 unspecified atom stereocenters. The van der Waals surface area contributed by atoms with Crippen LogP contribution in [0.1, 0.15) is 45.4 Å². The van der Waals surface area contributed by atoms with Gasteiger partial charge in [0.25, 0.3) is 11.8 Å². The van der Waals surface area contributed by atoms with E-state index in [9.17, 15) is 14.9 Å². The van der Waals surface area contributed by atoms with Crippen LogP contribution < -0.4 is 5.32 Å². The van der Waals surface area contributed by atoms with Gasteiger partial charge in [0.05, 0.1) is 17.1 Å². The summed E-state index contributed by atoms with van der Waals surface area (Å²) in [5.41, 5.74) is 4.43. The molecule has 7 nitrogen and oxygen atoms in total. The largest absolute Gasteiger partial charge is 0.322 e. The fourth-order valence-electron chi connectivity index (χ4n) is 4.57. The van der Waals surface area contributed by atoms with Crippen molar-refractivity contribution >= 4 is 28.5 Å². The first kappa shape index (κ1) is 23.2. The molecule has 1 aliphatic heterocycles. The highest BCUT2D eigenvalue weighted by molar-refractivity contribution is 6.04. The van der Waals surface area contributed by atoms with Gasteiger partial charge in [-0.2, -0.15) is 5.26 Å². The van der Waals surface area contributed by atoms with E-state index >= 15 is 0 Å². The third-order valence-corrected chi connectivity index (χ3v) is 6.63. The number of nitrogens with zero attached hydrogens (tertiary/aromatic N) is 4. The van der Waals surface area contributed by atoms with E-state index < -0.39 is 5.92 Å². The van der Waals surface area contributed by atoms with Gasteiger partial charge in [-0.25, -0.2) is 4.98 Å². The molecule has 0 radical (unpaired) electrons. The smallest absolute Gasteiger partial charge is 0.256 e. The number of nitriles is 1. The molecule has 0 saturated carbocycles. The van der Waals surface area contributed by atoms with Gasteiger partial charge >= 0.3 is 0 Å². The quantitative estimate of drug-likeness (QED) is 0.415. The number of para-hydroxylation sites is 2. The highest BCUT2D eigenvalue weighted by Crippen LogP contribution is 2.33. The second kappa shape index (κ2) is 9.61. The number of nitrogens with one attached hydrogen (secondary N) is 1. The molecule has 0 fully saturated rings. The van der Waals surface area contributed by atoms with Gasteiger partial charge in [-0.1, -0.05) is 42.5 Å². The fraction of sp³-hybridized carbons (Fsp3) is 0.172. The lowest BCUT2D eigenvalue weighted by Gasteiger charge is -2.29. The van der Waals surface area contributed by atoms with Gasteiger partial charge in [0.1, 0.15) is 11.7 Å². The van der Waals surface area contributed by atoms with Crippen LogP contribution in [-0.4, -0.2) is 39.9 Å². The number of carbonyl (C=O) groups is 2. The Morgan fingerprint density at radius 1 is 1.11 bits per heavy atom. The Bertz CT molecular complexity index is 1530. The van der Waals surface area contributed by atoms with Crippen molar-refractivity contribution in [3.63, 3.8) is 0 Å².